The molecule has 1 aromatic heterocycles. The van der Waals surface area contributed by atoms with Crippen molar-refractivity contribution < 1.29 is 0 Å². The maximum absolute atomic E-state index is 4.63. The summed E-state index contributed by atoms with van der Waals surface area (Å²) >= 11 is 1.79. The third-order valence-electron chi connectivity index (χ3n) is 3.78. The Morgan fingerprint density at radius 3 is 2.84 bits per heavy atom. The first-order chi connectivity index (χ1) is 8.85. The Balaban J connectivity index is 1.84. The minimum absolute atomic E-state index is 0.228. The lowest BCUT2D eigenvalue weighted by atomic mass is 10.1. The number of thiazole rings is 1. The lowest BCUT2D eigenvalue weighted by molar-refractivity contribution is 0.248. The Morgan fingerprint density at radius 2 is 2.26 bits per heavy atom. The third-order valence-corrected chi connectivity index (χ3v) is 4.91. The normalized spacial score (nSPS) is 22.9. The standard InChI is InChI=1S/C15H27N3S/c1-11-10-19-14(17-11)12(2)18-7-6-13(9-18)8-16-15(3,4)5/h10,12-13,16H,6-9H2,1-5H3. The van der Waals surface area contributed by atoms with Gasteiger partial charge in [-0.1, -0.05) is 0 Å². The zero-order valence-electron chi connectivity index (χ0n) is 12.9. The second-order valence-electron chi connectivity index (χ2n) is 6.78. The minimum Gasteiger partial charge on any atom is -0.312 e. The number of likely N-dealkylation sites (tertiary alicyclic amines) is 1. The Bertz CT molecular complexity index is 408. The molecule has 1 aliphatic rings. The van der Waals surface area contributed by atoms with E-state index in [0.717, 1.165) is 18.2 Å². The van der Waals surface area contributed by atoms with E-state index >= 15 is 0 Å². The number of nitrogens with one attached hydrogen (secondary N) is 1. The molecule has 0 spiro atoms. The third kappa shape index (κ3) is 4.26. The highest BCUT2D eigenvalue weighted by molar-refractivity contribution is 7.09. The van der Waals surface area contributed by atoms with Gasteiger partial charge in [-0.25, -0.2) is 4.98 Å². The Labute approximate surface area is 121 Å². The lowest BCUT2D eigenvalue weighted by Gasteiger charge is -2.25. The summed E-state index contributed by atoms with van der Waals surface area (Å²) in [6.07, 6.45) is 1.30. The van der Waals surface area contributed by atoms with E-state index in [1.165, 1.54) is 24.5 Å². The number of aryl methyl sites for hydroxylation is 1. The van der Waals surface area contributed by atoms with Gasteiger partial charge in [0.25, 0.3) is 0 Å². The highest BCUT2D eigenvalue weighted by Gasteiger charge is 2.28. The van der Waals surface area contributed by atoms with Crippen LogP contribution in [0.1, 0.15) is 50.9 Å². The van der Waals surface area contributed by atoms with E-state index in [9.17, 15) is 0 Å². The molecule has 1 saturated heterocycles. The van der Waals surface area contributed by atoms with Crippen molar-refractivity contribution in [3.05, 3.63) is 16.1 Å². The van der Waals surface area contributed by atoms with Gasteiger partial charge in [-0.2, -0.15) is 0 Å². The maximum Gasteiger partial charge on any atom is 0.110 e. The van der Waals surface area contributed by atoms with Crippen molar-refractivity contribution >= 4 is 11.3 Å². The second-order valence-corrected chi connectivity index (χ2v) is 7.67. The summed E-state index contributed by atoms with van der Waals surface area (Å²) in [5.41, 5.74) is 1.38. The molecule has 19 heavy (non-hydrogen) atoms. The van der Waals surface area contributed by atoms with Crippen LogP contribution in [-0.4, -0.2) is 35.1 Å². The first kappa shape index (κ1) is 14.9. The highest BCUT2D eigenvalue weighted by atomic mass is 32.1. The molecule has 0 aromatic carbocycles. The first-order valence-corrected chi connectivity index (χ1v) is 8.14. The quantitative estimate of drug-likeness (QED) is 0.918. The topological polar surface area (TPSA) is 28.2 Å². The number of hydrogen-bond donors (Lipinski definition) is 1. The molecular weight excluding hydrogens is 254 g/mol. The van der Waals surface area contributed by atoms with Crippen LogP contribution in [-0.2, 0) is 0 Å². The maximum atomic E-state index is 4.63. The van der Waals surface area contributed by atoms with Crippen LogP contribution < -0.4 is 5.32 Å². The van der Waals surface area contributed by atoms with Crippen LogP contribution in [0.15, 0.2) is 5.38 Å². The fourth-order valence-corrected chi connectivity index (χ4v) is 3.44. The van der Waals surface area contributed by atoms with Gasteiger partial charge in [0.15, 0.2) is 0 Å². The summed E-state index contributed by atoms with van der Waals surface area (Å²) in [5.74, 6) is 0.780. The molecule has 1 fully saturated rings. The van der Waals surface area contributed by atoms with E-state index in [2.05, 4.69) is 55.2 Å². The van der Waals surface area contributed by atoms with Gasteiger partial charge >= 0.3 is 0 Å². The van der Waals surface area contributed by atoms with Crippen LogP contribution in [0.3, 0.4) is 0 Å². The number of aromatic nitrogens is 1. The predicted molar refractivity (Wildman–Crippen MR) is 82.7 cm³/mol. The van der Waals surface area contributed by atoms with Crippen LogP contribution in [0.4, 0.5) is 0 Å². The number of hydrogen-bond acceptors (Lipinski definition) is 4. The van der Waals surface area contributed by atoms with E-state index in [1.807, 2.05) is 0 Å². The van der Waals surface area contributed by atoms with Crippen LogP contribution in [0.2, 0.25) is 0 Å². The molecule has 0 aliphatic carbocycles. The molecule has 0 saturated carbocycles. The van der Waals surface area contributed by atoms with Gasteiger partial charge in [-0.05, 0) is 60.0 Å². The molecule has 1 aromatic rings. The van der Waals surface area contributed by atoms with Crippen LogP contribution in [0.25, 0.3) is 0 Å². The molecule has 2 atom stereocenters. The van der Waals surface area contributed by atoms with Gasteiger partial charge < -0.3 is 5.32 Å². The van der Waals surface area contributed by atoms with Gasteiger partial charge in [-0.3, -0.25) is 4.90 Å². The number of nitrogens with zero attached hydrogens (tertiary/aromatic N) is 2. The van der Waals surface area contributed by atoms with Crippen molar-refractivity contribution in [3.63, 3.8) is 0 Å². The minimum atomic E-state index is 0.228. The van der Waals surface area contributed by atoms with Gasteiger partial charge in [0, 0.05) is 23.2 Å². The zero-order valence-corrected chi connectivity index (χ0v) is 13.7. The highest BCUT2D eigenvalue weighted by Crippen LogP contribution is 2.29. The summed E-state index contributed by atoms with van der Waals surface area (Å²) in [4.78, 5) is 7.20. The Morgan fingerprint density at radius 1 is 1.53 bits per heavy atom. The van der Waals surface area contributed by atoms with E-state index in [0.29, 0.717) is 6.04 Å². The van der Waals surface area contributed by atoms with Crippen LogP contribution >= 0.6 is 11.3 Å². The van der Waals surface area contributed by atoms with Crippen LogP contribution in [0, 0.1) is 12.8 Å². The first-order valence-electron chi connectivity index (χ1n) is 7.26. The molecule has 3 nitrogen and oxygen atoms in total. The summed E-state index contributed by atoms with van der Waals surface area (Å²) in [6, 6.07) is 0.471. The van der Waals surface area contributed by atoms with Gasteiger partial charge in [0.2, 0.25) is 0 Å². The van der Waals surface area contributed by atoms with E-state index in [4.69, 9.17) is 0 Å². The van der Waals surface area contributed by atoms with Gasteiger partial charge in [-0.15, -0.1) is 11.3 Å². The Hall–Kier alpha value is -0.450. The molecule has 2 heterocycles. The summed E-state index contributed by atoms with van der Waals surface area (Å²) < 4.78 is 0. The average molecular weight is 281 g/mol. The second kappa shape index (κ2) is 5.90. The molecule has 4 heteroatoms. The molecular formula is C15H27N3S. The molecule has 0 bridgehead atoms. The fourth-order valence-electron chi connectivity index (χ4n) is 2.55. The zero-order chi connectivity index (χ0) is 14.0. The monoisotopic (exact) mass is 281 g/mol. The molecule has 1 N–H and O–H groups in total. The van der Waals surface area contributed by atoms with Crippen molar-refractivity contribution in [2.24, 2.45) is 5.92 Å². The summed E-state index contributed by atoms with van der Waals surface area (Å²) in [6.45, 7) is 14.6. The average Bonchev–Trinajstić information content (AvgIpc) is 2.93. The Kier molecular flexibility index (Phi) is 4.64. The molecule has 2 unspecified atom stereocenters. The van der Waals surface area contributed by atoms with Crippen molar-refractivity contribution in [2.45, 2.75) is 52.6 Å². The lowest BCUT2D eigenvalue weighted by Crippen LogP contribution is -2.39. The number of rotatable bonds is 4. The van der Waals surface area contributed by atoms with Crippen molar-refractivity contribution in [3.8, 4) is 0 Å². The molecule has 0 radical (unpaired) electrons. The SMILES string of the molecule is Cc1csc(C(C)N2CCC(CNC(C)(C)C)C2)n1. The van der Waals surface area contributed by atoms with Crippen molar-refractivity contribution in [1.82, 2.24) is 15.2 Å². The summed E-state index contributed by atoms with van der Waals surface area (Å²) in [7, 11) is 0. The summed E-state index contributed by atoms with van der Waals surface area (Å²) in [5, 5.41) is 7.05. The van der Waals surface area contributed by atoms with Gasteiger partial charge in [0.1, 0.15) is 5.01 Å². The van der Waals surface area contributed by atoms with E-state index < -0.39 is 0 Å². The van der Waals surface area contributed by atoms with Crippen molar-refractivity contribution in [2.75, 3.05) is 19.6 Å². The molecule has 1 aliphatic heterocycles. The largest absolute Gasteiger partial charge is 0.312 e. The molecule has 108 valence electrons. The van der Waals surface area contributed by atoms with Crippen molar-refractivity contribution in [1.29, 1.82) is 0 Å². The predicted octanol–water partition coefficient (Wildman–Crippen LogP) is 3.22. The van der Waals surface area contributed by atoms with Crippen LogP contribution in [0.5, 0.6) is 0 Å². The van der Waals surface area contributed by atoms with E-state index in [1.54, 1.807) is 11.3 Å². The molecule has 0 amide bonds. The molecule has 2 rings (SSSR count). The smallest absolute Gasteiger partial charge is 0.110 e. The van der Waals surface area contributed by atoms with E-state index in [-0.39, 0.29) is 5.54 Å². The van der Waals surface area contributed by atoms with Gasteiger partial charge in [0.05, 0.1) is 6.04 Å². The fraction of sp³-hybridized carbons (Fsp3) is 0.800.